The zero-order valence-corrected chi connectivity index (χ0v) is 57.5. The van der Waals surface area contributed by atoms with Crippen molar-refractivity contribution in [1.29, 1.82) is 0 Å². The molecule has 40 nitrogen and oxygen atoms in total. The van der Waals surface area contributed by atoms with Crippen LogP contribution in [0.3, 0.4) is 0 Å². The average Bonchev–Trinajstić information content (AvgIpc) is 0.761. The molecule has 0 aromatic carbocycles. The topological polar surface area (TPSA) is 686 Å². The number of carbonyl (C=O) groups is 6. The third-order valence-corrected chi connectivity index (χ3v) is 17.9. The molecule has 0 saturated carbocycles. The van der Waals surface area contributed by atoms with Gasteiger partial charge in [-0.25, -0.2) is 0 Å². The molecule has 5 aliphatic rings. The van der Waals surface area contributed by atoms with Gasteiger partial charge in [0.05, 0.1) is 76.1 Å². The lowest BCUT2D eigenvalue weighted by Gasteiger charge is -2.54. The molecule has 0 unspecified atom stereocenters. The van der Waals surface area contributed by atoms with E-state index in [1.165, 1.54) is 44.6 Å². The molecule has 5 heterocycles. The number of hydrogen-bond donors (Lipinski definition) is 22. The van der Waals surface area contributed by atoms with Gasteiger partial charge in [0, 0.05) is 33.6 Å². The van der Waals surface area contributed by atoms with Crippen LogP contribution < -0.4 is 43.8 Å². The number of unbranched alkanes of at least 4 members (excludes halogenated alkanes) is 11. The summed E-state index contributed by atoms with van der Waals surface area (Å²) in [5, 5.41) is 214. The van der Waals surface area contributed by atoms with Gasteiger partial charge >= 0.3 is 0 Å². The van der Waals surface area contributed by atoms with Crippen LogP contribution >= 0.6 is 0 Å². The third-order valence-electron chi connectivity index (χ3n) is 17.9. The third kappa shape index (κ3) is 24.0. The average molecular weight is 1470 g/mol. The van der Waals surface area contributed by atoms with Crippen LogP contribution in [-0.4, -0.2) is 334 Å². The fourth-order valence-corrected chi connectivity index (χ4v) is 12.6. The molecule has 4 amide bonds. The summed E-state index contributed by atoms with van der Waals surface area (Å²) >= 11 is 0. The molecule has 0 aliphatic carbocycles. The summed E-state index contributed by atoms with van der Waals surface area (Å²) in [6, 6.07) is -6.91. The molecule has 0 spiro atoms. The fourth-order valence-electron chi connectivity index (χ4n) is 12.6. The van der Waals surface area contributed by atoms with Crippen molar-refractivity contribution < 1.29 is 168 Å². The van der Waals surface area contributed by atoms with E-state index in [2.05, 4.69) is 28.2 Å². The summed E-state index contributed by atoms with van der Waals surface area (Å²) in [4.78, 5) is 76.2. The largest absolute Gasteiger partial charge is 0.544 e. The van der Waals surface area contributed by atoms with Gasteiger partial charge in [-0.15, -0.1) is 0 Å². The Kier molecular flexibility index (Phi) is 38.7. The number of ether oxygens (including phenoxy) is 10. The van der Waals surface area contributed by atoms with E-state index in [-0.39, 0.29) is 18.7 Å². The van der Waals surface area contributed by atoms with Crippen molar-refractivity contribution in [3.63, 3.8) is 0 Å². The molecule has 29 atom stereocenters. The highest BCUT2D eigenvalue weighted by Gasteiger charge is 2.61. The van der Waals surface area contributed by atoms with Gasteiger partial charge in [-0.2, -0.15) is 0 Å². The SMILES string of the molecule is CCCCCCCCCCCCC/C=C/[C@@H](O)[C@H](CO[C@@H]1O[C@H](CO)[C@@H](O[C@@H]2O[C@H](CO)[C@H](O[C@@H]3O[C@H](CO)[C@H](O)[C@H](O)[C@H]3NC(C)=O)[C@H](O[C@]3(C(=O)[O-])C[C@H](O)[C@@H](NC(C)=O)[C@H]([C@H](O)[C@@H](CO)O[C@]4(C(=O)[O-])C[C@H](O)[C@@H](NC(C)=O)[C@H]([C@H](O)[C@H](O)CO)O4)O3)[C@H]2O)[C@H](O)[C@H]1O)NC=O.[NH4+].[NH4+]. The standard InChI is InChI=1S/C61H104N4O34.2H3N/c1-5-6-7-8-9-10-11-12-13-14-15-16-17-18-32(75)31(62-27-71)26-90-56-48(84)47(83)50(38(24-69)92-56)94-57-49(85)54(51(39(25-70)93-57)95-55-42(65-30(4)74)46(82)44(80)36(22-67)91-55)99-61(59(88)89)20-34(77)41(64-29(3)73)53(98-61)45(81)37(23-68)96-60(58(86)87)19-33(76)40(63-28(2)72)52(97-60)43(79)35(78)21-66;;/h17-18,27,31-57,66-70,75-85H,5-16,19-26H2,1-4H3,(H,62,71)(H,63,72)(H,64,73)(H,65,74)(H,86,87)(H,88,89);2*1H3/b18-17+;;/t31-,32+,33-,34-,35+,36+,37+,38+,39+,40+,41+,42+,43+,44-,45+,46+,47+,48+,49+,50+,51-,52+,53+,54+,55-,56+,57-,60+,61-;;/m0../s1. The van der Waals surface area contributed by atoms with Crippen molar-refractivity contribution in [2.75, 3.05) is 39.6 Å². The number of aliphatic hydroxyl groups is 16. The van der Waals surface area contributed by atoms with Crippen LogP contribution in [0.15, 0.2) is 12.2 Å². The predicted octanol–water partition coefficient (Wildman–Crippen LogP) is -10.2. The van der Waals surface area contributed by atoms with Crippen LogP contribution in [0, 0.1) is 0 Å². The number of quaternary nitrogens is 2. The highest BCUT2D eigenvalue weighted by molar-refractivity contribution is 5.76. The Morgan fingerprint density at radius 1 is 0.554 bits per heavy atom. The van der Waals surface area contributed by atoms with Gasteiger partial charge in [0.1, 0.15) is 122 Å². The molecule has 0 radical (unpaired) electrons. The van der Waals surface area contributed by atoms with Gasteiger partial charge in [-0.1, -0.05) is 83.3 Å². The summed E-state index contributed by atoms with van der Waals surface area (Å²) < 4.78 is 58.4. The van der Waals surface area contributed by atoms with Crippen LogP contribution in [0.5, 0.6) is 0 Å². The zero-order chi connectivity index (χ0) is 73.6. The first-order valence-electron chi connectivity index (χ1n) is 33.2. The molecule has 5 aliphatic heterocycles. The molecule has 0 bridgehead atoms. The van der Waals surface area contributed by atoms with Gasteiger partial charge in [-0.05, 0) is 12.8 Å². The number of hydrogen-bond acceptors (Lipinski definition) is 34. The lowest BCUT2D eigenvalue weighted by molar-refractivity contribution is -0.422. The Labute approximate surface area is 582 Å². The Balaban J connectivity index is 0.0000133. The summed E-state index contributed by atoms with van der Waals surface area (Å²) in [5.41, 5.74) is 0. The van der Waals surface area contributed by atoms with E-state index >= 15 is 0 Å². The van der Waals surface area contributed by atoms with Crippen molar-refractivity contribution in [2.45, 2.75) is 294 Å². The van der Waals surface area contributed by atoms with E-state index in [0.717, 1.165) is 52.9 Å². The van der Waals surface area contributed by atoms with E-state index in [1.54, 1.807) is 6.08 Å². The fraction of sp³-hybridized carbons (Fsp3) is 0.869. The lowest BCUT2D eigenvalue weighted by Crippen LogP contribution is -2.74. The zero-order valence-electron chi connectivity index (χ0n) is 57.5. The molecule has 28 N–H and O–H groups in total. The molecule has 40 heteroatoms. The maximum Gasteiger partial charge on any atom is 0.217 e. The number of nitrogens with one attached hydrogen (secondary N) is 4. The van der Waals surface area contributed by atoms with E-state index in [4.69, 9.17) is 47.4 Å². The van der Waals surface area contributed by atoms with Crippen molar-refractivity contribution in [1.82, 2.24) is 33.6 Å². The molecule has 0 aromatic heterocycles. The summed E-state index contributed by atoms with van der Waals surface area (Å²) in [6.07, 6.45) is -37.0. The van der Waals surface area contributed by atoms with Gasteiger partial charge in [0.15, 0.2) is 18.9 Å². The number of aliphatic hydroxyl groups excluding tert-OH is 16. The number of allylic oxidation sites excluding steroid dienone is 1. The number of carboxylic acid groups (broad SMARTS) is 2. The van der Waals surface area contributed by atoms with Gasteiger partial charge in [0.25, 0.3) is 0 Å². The van der Waals surface area contributed by atoms with Crippen LogP contribution in [0.4, 0.5) is 0 Å². The van der Waals surface area contributed by atoms with Crippen molar-refractivity contribution in [2.24, 2.45) is 0 Å². The molecule has 588 valence electrons. The minimum atomic E-state index is -3.71. The summed E-state index contributed by atoms with van der Waals surface area (Å²) in [7, 11) is 0. The smallest absolute Gasteiger partial charge is 0.217 e. The Morgan fingerprint density at radius 2 is 1.03 bits per heavy atom. The first-order chi connectivity index (χ1) is 46.9. The van der Waals surface area contributed by atoms with Crippen LogP contribution in [0.2, 0.25) is 0 Å². The molecule has 5 saturated heterocycles. The summed E-state index contributed by atoms with van der Waals surface area (Å²) in [5.74, 6) is -15.0. The number of carbonyl (C=O) groups excluding carboxylic acids is 6. The minimum absolute atomic E-state index is 0. The van der Waals surface area contributed by atoms with Gasteiger partial charge in [-0.3, -0.25) is 19.2 Å². The molecule has 101 heavy (non-hydrogen) atoms. The molecule has 0 aromatic rings. The lowest BCUT2D eigenvalue weighted by atomic mass is 9.87. The number of carboxylic acids is 2. The Hall–Kier alpha value is -4.56. The Bertz CT molecular complexity index is 2530. The van der Waals surface area contributed by atoms with E-state index in [1.807, 2.05) is 0 Å². The van der Waals surface area contributed by atoms with E-state index in [9.17, 15) is 121 Å². The summed E-state index contributed by atoms with van der Waals surface area (Å²) in [6.45, 7) is -1.93. The van der Waals surface area contributed by atoms with Crippen molar-refractivity contribution in [3.05, 3.63) is 12.2 Å². The normalized spacial score (nSPS) is 36.2. The number of amides is 4. The molecule has 5 rings (SSSR count). The maximum absolute atomic E-state index is 13.9. The number of rotatable bonds is 41. The molecular formula is C61H110N6O34. The number of aliphatic carboxylic acids is 2. The van der Waals surface area contributed by atoms with E-state index < -0.39 is 259 Å². The van der Waals surface area contributed by atoms with Gasteiger partial charge < -0.3 is 182 Å². The highest BCUT2D eigenvalue weighted by atomic mass is 16.8. The molecular weight excluding hydrogens is 1360 g/mol. The van der Waals surface area contributed by atoms with Crippen LogP contribution in [0.1, 0.15) is 118 Å². The highest BCUT2D eigenvalue weighted by Crippen LogP contribution is 2.42. The van der Waals surface area contributed by atoms with Crippen LogP contribution in [0.25, 0.3) is 0 Å². The predicted molar refractivity (Wildman–Crippen MR) is 335 cm³/mol. The van der Waals surface area contributed by atoms with Gasteiger partial charge in [0.2, 0.25) is 35.7 Å². The first kappa shape index (κ1) is 90.7. The van der Waals surface area contributed by atoms with Crippen LogP contribution in [-0.2, 0) is 76.1 Å². The first-order valence-corrected chi connectivity index (χ1v) is 33.2. The Morgan fingerprint density at radius 3 is 1.53 bits per heavy atom. The quantitative estimate of drug-likeness (QED) is 0.0154. The molecule has 5 fully saturated rings. The second kappa shape index (κ2) is 43.2. The monoisotopic (exact) mass is 1470 g/mol. The van der Waals surface area contributed by atoms with Crippen molar-refractivity contribution >= 4 is 36.1 Å². The minimum Gasteiger partial charge on any atom is -0.544 e. The van der Waals surface area contributed by atoms with E-state index in [0.29, 0.717) is 6.42 Å². The maximum atomic E-state index is 13.9. The second-order valence-corrected chi connectivity index (χ2v) is 25.4. The van der Waals surface area contributed by atoms with Crippen molar-refractivity contribution in [3.8, 4) is 0 Å². The second-order valence-electron chi connectivity index (χ2n) is 25.4.